The van der Waals surface area contributed by atoms with E-state index in [9.17, 15) is 4.79 Å². The van der Waals surface area contributed by atoms with Crippen LogP contribution in [0.5, 0.6) is 0 Å². The first-order valence-corrected chi connectivity index (χ1v) is 7.10. The van der Waals surface area contributed by atoms with Gasteiger partial charge in [0, 0.05) is 5.69 Å². The van der Waals surface area contributed by atoms with Crippen molar-refractivity contribution in [1.82, 2.24) is 5.32 Å². The minimum absolute atomic E-state index is 0.243. The Kier molecular flexibility index (Phi) is 7.66. The molecular formula is C15H25N3O. The number of nitrogens with one attached hydrogen (secondary N) is 2. The van der Waals surface area contributed by atoms with Gasteiger partial charge in [-0.15, -0.1) is 0 Å². The Hall–Kier alpha value is -1.55. The van der Waals surface area contributed by atoms with Gasteiger partial charge < -0.3 is 16.4 Å². The normalized spacial score (nSPS) is 11.9. The van der Waals surface area contributed by atoms with Crippen molar-refractivity contribution in [3.8, 4) is 0 Å². The molecular weight excluding hydrogens is 238 g/mol. The Morgan fingerprint density at radius 3 is 2.53 bits per heavy atom. The van der Waals surface area contributed by atoms with E-state index in [1.165, 1.54) is 25.7 Å². The Bertz CT molecular complexity index is 354. The number of anilines is 1. The summed E-state index contributed by atoms with van der Waals surface area (Å²) in [6, 6.07) is 9.11. The van der Waals surface area contributed by atoms with Crippen LogP contribution in [0.15, 0.2) is 30.3 Å². The zero-order chi connectivity index (χ0) is 13.9. The average molecular weight is 263 g/mol. The van der Waals surface area contributed by atoms with Gasteiger partial charge in [-0.3, -0.25) is 0 Å². The van der Waals surface area contributed by atoms with Crippen LogP contribution in [0.4, 0.5) is 10.5 Å². The molecule has 0 bridgehead atoms. The van der Waals surface area contributed by atoms with Gasteiger partial charge in [-0.05, 0) is 18.6 Å². The van der Waals surface area contributed by atoms with Crippen LogP contribution in [-0.2, 0) is 0 Å². The Labute approximate surface area is 115 Å². The molecule has 0 aliphatic heterocycles. The van der Waals surface area contributed by atoms with Crippen LogP contribution in [0, 0.1) is 0 Å². The van der Waals surface area contributed by atoms with E-state index in [2.05, 4.69) is 17.6 Å². The standard InChI is InChI=1S/C15H25N3O/c1-2-3-4-5-9-12-14(16)18-15(19)17-13-10-7-6-8-11-13/h6-8,10-11,14H,2-5,9,12,16H2,1H3,(H2,17,18,19). The Balaban J connectivity index is 2.14. The number of urea groups is 1. The molecule has 4 heteroatoms. The van der Waals surface area contributed by atoms with Gasteiger partial charge in [-0.2, -0.15) is 0 Å². The third-order valence-electron chi connectivity index (χ3n) is 2.97. The third kappa shape index (κ3) is 7.47. The number of hydrogen-bond donors (Lipinski definition) is 3. The predicted molar refractivity (Wildman–Crippen MR) is 79.9 cm³/mol. The van der Waals surface area contributed by atoms with Gasteiger partial charge in [0.2, 0.25) is 0 Å². The van der Waals surface area contributed by atoms with E-state index >= 15 is 0 Å². The third-order valence-corrected chi connectivity index (χ3v) is 2.97. The number of para-hydroxylation sites is 1. The van der Waals surface area contributed by atoms with Crippen molar-refractivity contribution >= 4 is 11.7 Å². The van der Waals surface area contributed by atoms with Crippen LogP contribution in [-0.4, -0.2) is 12.2 Å². The zero-order valence-corrected chi connectivity index (χ0v) is 11.7. The predicted octanol–water partition coefficient (Wildman–Crippen LogP) is 3.45. The molecule has 4 nitrogen and oxygen atoms in total. The van der Waals surface area contributed by atoms with Gasteiger partial charge >= 0.3 is 6.03 Å². The van der Waals surface area contributed by atoms with Gasteiger partial charge in [-0.1, -0.05) is 57.2 Å². The van der Waals surface area contributed by atoms with Crippen LogP contribution in [0.1, 0.15) is 45.4 Å². The molecule has 106 valence electrons. The molecule has 4 N–H and O–H groups in total. The molecule has 0 aliphatic rings. The monoisotopic (exact) mass is 263 g/mol. The first-order valence-electron chi connectivity index (χ1n) is 7.10. The minimum atomic E-state index is -0.273. The van der Waals surface area contributed by atoms with E-state index < -0.39 is 0 Å². The van der Waals surface area contributed by atoms with Gasteiger partial charge in [0.1, 0.15) is 0 Å². The summed E-state index contributed by atoms with van der Waals surface area (Å²) in [5.41, 5.74) is 6.64. The Morgan fingerprint density at radius 1 is 1.16 bits per heavy atom. The highest BCUT2D eigenvalue weighted by molar-refractivity contribution is 5.89. The number of benzene rings is 1. The second kappa shape index (κ2) is 9.39. The number of carbonyl (C=O) groups excluding carboxylic acids is 1. The van der Waals surface area contributed by atoms with Crippen molar-refractivity contribution in [1.29, 1.82) is 0 Å². The van der Waals surface area contributed by atoms with Gasteiger partial charge in [-0.25, -0.2) is 4.79 Å². The number of hydrogen-bond acceptors (Lipinski definition) is 2. The van der Waals surface area contributed by atoms with Crippen molar-refractivity contribution in [3.63, 3.8) is 0 Å². The first-order chi connectivity index (χ1) is 9.22. The first kappa shape index (κ1) is 15.5. The van der Waals surface area contributed by atoms with Crippen molar-refractivity contribution in [2.75, 3.05) is 5.32 Å². The maximum atomic E-state index is 11.7. The lowest BCUT2D eigenvalue weighted by atomic mass is 10.1. The summed E-state index contributed by atoms with van der Waals surface area (Å²) in [5, 5.41) is 5.50. The fraction of sp³-hybridized carbons (Fsp3) is 0.533. The van der Waals surface area contributed by atoms with E-state index in [0.717, 1.165) is 18.5 Å². The number of amides is 2. The lowest BCUT2D eigenvalue weighted by Gasteiger charge is -2.14. The van der Waals surface area contributed by atoms with Gasteiger partial charge in [0.05, 0.1) is 6.17 Å². The largest absolute Gasteiger partial charge is 0.323 e. The highest BCUT2D eigenvalue weighted by Crippen LogP contribution is 2.06. The summed E-state index contributed by atoms with van der Waals surface area (Å²) in [6.45, 7) is 2.20. The van der Waals surface area contributed by atoms with Crippen LogP contribution >= 0.6 is 0 Å². The molecule has 19 heavy (non-hydrogen) atoms. The number of nitrogens with two attached hydrogens (primary N) is 1. The maximum absolute atomic E-state index is 11.7. The lowest BCUT2D eigenvalue weighted by molar-refractivity contribution is 0.247. The summed E-state index contributed by atoms with van der Waals surface area (Å²) in [4.78, 5) is 11.7. The van der Waals surface area contributed by atoms with Crippen LogP contribution in [0.25, 0.3) is 0 Å². The summed E-state index contributed by atoms with van der Waals surface area (Å²) < 4.78 is 0. The molecule has 1 aromatic rings. The number of unbranched alkanes of at least 4 members (excludes halogenated alkanes) is 4. The van der Waals surface area contributed by atoms with Gasteiger partial charge in [0.25, 0.3) is 0 Å². The fourth-order valence-corrected chi connectivity index (χ4v) is 1.90. The summed E-state index contributed by atoms with van der Waals surface area (Å²) in [6.07, 6.45) is 6.56. The molecule has 1 rings (SSSR count). The minimum Gasteiger partial charge on any atom is -0.323 e. The van der Waals surface area contributed by atoms with Crippen LogP contribution in [0.2, 0.25) is 0 Å². The lowest BCUT2D eigenvalue weighted by Crippen LogP contribution is -2.43. The molecule has 2 amide bonds. The number of carbonyl (C=O) groups is 1. The van der Waals surface area contributed by atoms with E-state index in [1.807, 2.05) is 30.3 Å². The van der Waals surface area contributed by atoms with E-state index in [0.29, 0.717) is 0 Å². The van der Waals surface area contributed by atoms with Crippen LogP contribution < -0.4 is 16.4 Å². The van der Waals surface area contributed by atoms with Crippen molar-refractivity contribution in [2.24, 2.45) is 5.73 Å². The molecule has 0 spiro atoms. The average Bonchev–Trinajstić information content (AvgIpc) is 2.39. The topological polar surface area (TPSA) is 67.1 Å². The highest BCUT2D eigenvalue weighted by atomic mass is 16.2. The number of rotatable bonds is 8. The van der Waals surface area contributed by atoms with Gasteiger partial charge in [0.15, 0.2) is 0 Å². The van der Waals surface area contributed by atoms with Crippen LogP contribution in [0.3, 0.4) is 0 Å². The molecule has 0 aliphatic carbocycles. The van der Waals surface area contributed by atoms with Crippen molar-refractivity contribution < 1.29 is 4.79 Å². The van der Waals surface area contributed by atoms with E-state index in [4.69, 9.17) is 5.73 Å². The fourth-order valence-electron chi connectivity index (χ4n) is 1.90. The molecule has 0 saturated carbocycles. The molecule has 0 fully saturated rings. The molecule has 0 aromatic heterocycles. The smallest absolute Gasteiger partial charge is 0.320 e. The van der Waals surface area contributed by atoms with E-state index in [1.54, 1.807) is 0 Å². The second-order valence-corrected chi connectivity index (χ2v) is 4.77. The highest BCUT2D eigenvalue weighted by Gasteiger charge is 2.06. The second-order valence-electron chi connectivity index (χ2n) is 4.77. The maximum Gasteiger partial charge on any atom is 0.320 e. The molecule has 1 aromatic carbocycles. The molecule has 0 heterocycles. The Morgan fingerprint density at radius 2 is 1.84 bits per heavy atom. The SMILES string of the molecule is CCCCCCCC(N)NC(=O)Nc1ccccc1. The molecule has 1 atom stereocenters. The summed E-state index contributed by atoms with van der Waals surface area (Å²) >= 11 is 0. The zero-order valence-electron chi connectivity index (χ0n) is 11.7. The molecule has 0 radical (unpaired) electrons. The van der Waals surface area contributed by atoms with E-state index in [-0.39, 0.29) is 12.2 Å². The van der Waals surface area contributed by atoms with Crippen molar-refractivity contribution in [2.45, 2.75) is 51.6 Å². The molecule has 0 saturated heterocycles. The summed E-state index contributed by atoms with van der Waals surface area (Å²) in [5.74, 6) is 0. The molecule has 1 unspecified atom stereocenters. The quantitative estimate of drug-likeness (QED) is 0.496. The summed E-state index contributed by atoms with van der Waals surface area (Å²) in [7, 11) is 0. The van der Waals surface area contributed by atoms with Crippen molar-refractivity contribution in [3.05, 3.63) is 30.3 Å².